The van der Waals surface area contributed by atoms with E-state index >= 15 is 0 Å². The van der Waals surface area contributed by atoms with E-state index in [-0.39, 0.29) is 12.4 Å². The van der Waals surface area contributed by atoms with Crippen LogP contribution in [-0.4, -0.2) is 61.7 Å². The van der Waals surface area contributed by atoms with Crippen LogP contribution in [0.4, 0.5) is 11.4 Å². The lowest BCUT2D eigenvalue weighted by Crippen LogP contribution is -2.53. The Labute approximate surface area is 175 Å². The van der Waals surface area contributed by atoms with Crippen LogP contribution < -0.4 is 10.6 Å². The number of halogens is 1. The van der Waals surface area contributed by atoms with Crippen LogP contribution in [0.25, 0.3) is 0 Å². The van der Waals surface area contributed by atoms with Gasteiger partial charge in [-0.3, -0.25) is 4.90 Å². The number of piperidine rings is 1. The van der Waals surface area contributed by atoms with Crippen LogP contribution in [0.2, 0.25) is 0 Å². The fourth-order valence-electron chi connectivity index (χ4n) is 4.47. The molecule has 5 heteroatoms. The van der Waals surface area contributed by atoms with E-state index in [2.05, 4.69) is 57.2 Å². The van der Waals surface area contributed by atoms with E-state index in [1.807, 2.05) is 12.1 Å². The van der Waals surface area contributed by atoms with Crippen LogP contribution in [0, 0.1) is 0 Å². The highest BCUT2D eigenvalue weighted by atomic mass is 35.5. The number of likely N-dealkylation sites (tertiary alicyclic amines) is 1. The monoisotopic (exact) mass is 400 g/mol. The molecule has 2 aromatic carbocycles. The number of anilines is 2. The number of hydrogen-bond donors (Lipinski definition) is 1. The SMILES string of the molecule is Cl.Nc1ccc(N2CCN(C3CCN(CCc4ccccc4)CC3)CC2)cc1. The third-order valence-corrected chi connectivity index (χ3v) is 6.21. The van der Waals surface area contributed by atoms with Crippen molar-refractivity contribution in [2.75, 3.05) is 56.4 Å². The molecule has 0 saturated carbocycles. The molecule has 2 aliphatic heterocycles. The van der Waals surface area contributed by atoms with Crippen molar-refractivity contribution in [2.45, 2.75) is 25.3 Å². The first-order chi connectivity index (χ1) is 13.3. The minimum atomic E-state index is 0. The maximum absolute atomic E-state index is 5.81. The van der Waals surface area contributed by atoms with Gasteiger partial charge in [-0.1, -0.05) is 30.3 Å². The Bertz CT molecular complexity index is 690. The Balaban J connectivity index is 0.00000225. The number of rotatable bonds is 5. The van der Waals surface area contributed by atoms with E-state index < -0.39 is 0 Å². The Kier molecular flexibility index (Phi) is 7.60. The second-order valence-electron chi connectivity index (χ2n) is 7.92. The van der Waals surface area contributed by atoms with Crippen molar-refractivity contribution in [1.82, 2.24) is 9.80 Å². The van der Waals surface area contributed by atoms with Crippen LogP contribution in [0.5, 0.6) is 0 Å². The van der Waals surface area contributed by atoms with Crippen molar-refractivity contribution >= 4 is 23.8 Å². The summed E-state index contributed by atoms with van der Waals surface area (Å²) in [6.45, 7) is 8.29. The Morgan fingerprint density at radius 3 is 2.07 bits per heavy atom. The predicted molar refractivity (Wildman–Crippen MR) is 121 cm³/mol. The first-order valence-electron chi connectivity index (χ1n) is 10.4. The van der Waals surface area contributed by atoms with Gasteiger partial charge in [-0.15, -0.1) is 12.4 Å². The van der Waals surface area contributed by atoms with Gasteiger partial charge in [0.05, 0.1) is 0 Å². The van der Waals surface area contributed by atoms with Gasteiger partial charge in [-0.2, -0.15) is 0 Å². The molecule has 0 aromatic heterocycles. The topological polar surface area (TPSA) is 35.7 Å². The molecule has 0 aliphatic carbocycles. The van der Waals surface area contributed by atoms with Crippen molar-refractivity contribution in [1.29, 1.82) is 0 Å². The second-order valence-corrected chi connectivity index (χ2v) is 7.92. The van der Waals surface area contributed by atoms with Gasteiger partial charge in [0.25, 0.3) is 0 Å². The van der Waals surface area contributed by atoms with Crippen LogP contribution >= 0.6 is 12.4 Å². The molecule has 2 heterocycles. The van der Waals surface area contributed by atoms with E-state index in [0.29, 0.717) is 0 Å². The third-order valence-electron chi connectivity index (χ3n) is 6.21. The molecule has 2 aliphatic rings. The lowest BCUT2D eigenvalue weighted by atomic mass is 10.0. The highest BCUT2D eigenvalue weighted by molar-refractivity contribution is 5.85. The number of hydrogen-bond acceptors (Lipinski definition) is 4. The highest BCUT2D eigenvalue weighted by Crippen LogP contribution is 2.22. The van der Waals surface area contributed by atoms with E-state index in [4.69, 9.17) is 5.73 Å². The molecule has 4 rings (SSSR count). The largest absolute Gasteiger partial charge is 0.399 e. The minimum Gasteiger partial charge on any atom is -0.399 e. The zero-order valence-electron chi connectivity index (χ0n) is 16.7. The molecule has 152 valence electrons. The molecule has 0 amide bonds. The summed E-state index contributed by atoms with van der Waals surface area (Å²) >= 11 is 0. The van der Waals surface area contributed by atoms with Crippen LogP contribution in [-0.2, 0) is 6.42 Å². The molecule has 0 bridgehead atoms. The number of benzene rings is 2. The molecule has 0 atom stereocenters. The van der Waals surface area contributed by atoms with Crippen LogP contribution in [0.3, 0.4) is 0 Å². The molecular weight excluding hydrogens is 368 g/mol. The van der Waals surface area contributed by atoms with Crippen molar-refractivity contribution in [3.63, 3.8) is 0 Å². The first-order valence-corrected chi connectivity index (χ1v) is 10.4. The molecule has 4 nitrogen and oxygen atoms in total. The lowest BCUT2D eigenvalue weighted by Gasteiger charge is -2.43. The average Bonchev–Trinajstić information content (AvgIpc) is 2.74. The highest BCUT2D eigenvalue weighted by Gasteiger charge is 2.27. The fraction of sp³-hybridized carbons (Fsp3) is 0.478. The molecule has 2 saturated heterocycles. The zero-order chi connectivity index (χ0) is 18.5. The summed E-state index contributed by atoms with van der Waals surface area (Å²) in [5.74, 6) is 0. The minimum absolute atomic E-state index is 0. The van der Waals surface area contributed by atoms with Gasteiger partial charge < -0.3 is 15.5 Å². The van der Waals surface area contributed by atoms with E-state index in [1.54, 1.807) is 0 Å². The molecule has 2 N–H and O–H groups in total. The molecule has 0 radical (unpaired) electrons. The quantitative estimate of drug-likeness (QED) is 0.779. The summed E-state index contributed by atoms with van der Waals surface area (Å²) in [4.78, 5) is 7.86. The molecule has 2 fully saturated rings. The Morgan fingerprint density at radius 1 is 0.786 bits per heavy atom. The van der Waals surface area contributed by atoms with E-state index in [9.17, 15) is 0 Å². The van der Waals surface area contributed by atoms with Gasteiger partial charge >= 0.3 is 0 Å². The number of piperazine rings is 1. The average molecular weight is 401 g/mol. The summed E-state index contributed by atoms with van der Waals surface area (Å²) in [6.07, 6.45) is 3.80. The summed E-state index contributed by atoms with van der Waals surface area (Å²) in [7, 11) is 0. The second kappa shape index (κ2) is 10.1. The van der Waals surface area contributed by atoms with Gasteiger partial charge in [0.2, 0.25) is 0 Å². The van der Waals surface area contributed by atoms with Gasteiger partial charge in [0.15, 0.2) is 0 Å². The van der Waals surface area contributed by atoms with Crippen molar-refractivity contribution < 1.29 is 0 Å². The smallest absolute Gasteiger partial charge is 0.0368 e. The third kappa shape index (κ3) is 5.40. The Hall–Kier alpha value is -1.75. The number of nitrogen functional groups attached to an aromatic ring is 1. The molecule has 2 aromatic rings. The summed E-state index contributed by atoms with van der Waals surface area (Å²) < 4.78 is 0. The summed E-state index contributed by atoms with van der Waals surface area (Å²) in [6, 6.07) is 20.0. The molecule has 28 heavy (non-hydrogen) atoms. The van der Waals surface area contributed by atoms with E-state index in [0.717, 1.165) is 24.8 Å². The summed E-state index contributed by atoms with van der Waals surface area (Å²) in [5.41, 5.74) is 9.42. The zero-order valence-corrected chi connectivity index (χ0v) is 17.5. The number of nitrogens with two attached hydrogens (primary N) is 1. The Morgan fingerprint density at radius 2 is 1.43 bits per heavy atom. The van der Waals surface area contributed by atoms with Crippen molar-refractivity contribution in [2.24, 2.45) is 0 Å². The standard InChI is InChI=1S/C23H32N4.ClH/c24-21-6-8-22(9-7-21)26-16-18-27(19-17-26)23-11-14-25(15-12-23)13-10-20-4-2-1-3-5-20;/h1-9,23H,10-19,24H2;1H. The maximum atomic E-state index is 5.81. The van der Waals surface area contributed by atoms with Crippen molar-refractivity contribution in [3.8, 4) is 0 Å². The first kappa shape index (κ1) is 21.0. The predicted octanol–water partition coefficient (Wildman–Crippen LogP) is 3.52. The maximum Gasteiger partial charge on any atom is 0.0368 e. The van der Waals surface area contributed by atoms with Crippen LogP contribution in [0.1, 0.15) is 18.4 Å². The van der Waals surface area contributed by atoms with Crippen molar-refractivity contribution in [3.05, 3.63) is 60.2 Å². The van der Waals surface area contributed by atoms with Gasteiger partial charge in [0.1, 0.15) is 0 Å². The van der Waals surface area contributed by atoms with Crippen LogP contribution in [0.15, 0.2) is 54.6 Å². The lowest BCUT2D eigenvalue weighted by molar-refractivity contribution is 0.104. The molecule has 0 unspecified atom stereocenters. The summed E-state index contributed by atoms with van der Waals surface area (Å²) in [5, 5.41) is 0. The molecule has 0 spiro atoms. The fourth-order valence-corrected chi connectivity index (χ4v) is 4.47. The normalized spacial score (nSPS) is 19.4. The van der Waals surface area contributed by atoms with Gasteiger partial charge in [0, 0.05) is 50.1 Å². The van der Waals surface area contributed by atoms with Gasteiger partial charge in [-0.05, 0) is 62.2 Å². The van der Waals surface area contributed by atoms with Gasteiger partial charge in [-0.25, -0.2) is 0 Å². The number of nitrogens with zero attached hydrogens (tertiary/aromatic N) is 3. The molecular formula is C23H33ClN4. The van der Waals surface area contributed by atoms with E-state index in [1.165, 1.54) is 63.2 Å².